The summed E-state index contributed by atoms with van der Waals surface area (Å²) < 4.78 is 4.57. The number of rotatable bonds is 5. The summed E-state index contributed by atoms with van der Waals surface area (Å²) >= 11 is 1.16. The summed E-state index contributed by atoms with van der Waals surface area (Å²) in [5.41, 5.74) is 4.61. The summed E-state index contributed by atoms with van der Waals surface area (Å²) in [4.78, 5) is 22.2. The number of benzene rings is 1. The summed E-state index contributed by atoms with van der Waals surface area (Å²) in [5, 5.41) is 10.8. The first-order chi connectivity index (χ1) is 8.38. The molecule has 7 heteroatoms. The number of nitro groups is 1. The zero-order valence-electron chi connectivity index (χ0n) is 10.1. The fourth-order valence-corrected chi connectivity index (χ4v) is 2.29. The molecule has 0 fully saturated rings. The van der Waals surface area contributed by atoms with Crippen LogP contribution >= 0.6 is 11.8 Å². The average molecular weight is 270 g/mol. The van der Waals surface area contributed by atoms with Crippen LogP contribution in [-0.2, 0) is 9.53 Å². The zero-order valence-corrected chi connectivity index (χ0v) is 10.9. The van der Waals surface area contributed by atoms with E-state index in [-0.39, 0.29) is 11.4 Å². The summed E-state index contributed by atoms with van der Waals surface area (Å²) in [6.45, 7) is 1.53. The van der Waals surface area contributed by atoms with Gasteiger partial charge in [-0.25, -0.2) is 0 Å². The summed E-state index contributed by atoms with van der Waals surface area (Å²) in [6, 6.07) is 6.32. The summed E-state index contributed by atoms with van der Waals surface area (Å²) in [6.07, 6.45) is 0. The molecule has 1 rings (SSSR count). The van der Waals surface area contributed by atoms with Crippen LogP contribution in [0.4, 0.5) is 5.69 Å². The predicted octanol–water partition coefficient (Wildman–Crippen LogP) is 1.58. The highest BCUT2D eigenvalue weighted by Crippen LogP contribution is 2.30. The molecule has 1 aromatic carbocycles. The van der Waals surface area contributed by atoms with E-state index >= 15 is 0 Å². The second-order valence-electron chi connectivity index (χ2n) is 3.92. The van der Waals surface area contributed by atoms with E-state index in [2.05, 4.69) is 4.74 Å². The quantitative estimate of drug-likeness (QED) is 0.377. The van der Waals surface area contributed by atoms with Crippen molar-refractivity contribution >= 4 is 23.4 Å². The molecule has 0 amide bonds. The largest absolute Gasteiger partial charge is 0.468 e. The van der Waals surface area contributed by atoms with Crippen LogP contribution in [0.3, 0.4) is 0 Å². The fourth-order valence-electron chi connectivity index (χ4n) is 1.25. The topological polar surface area (TPSA) is 95.5 Å². The molecule has 0 aliphatic heterocycles. The van der Waals surface area contributed by atoms with Crippen molar-refractivity contribution in [2.75, 3.05) is 12.9 Å². The van der Waals surface area contributed by atoms with Gasteiger partial charge in [0.1, 0.15) is 5.54 Å². The maximum Gasteiger partial charge on any atom is 0.326 e. The lowest BCUT2D eigenvalue weighted by molar-refractivity contribution is -0.387. The molecular weight excluding hydrogens is 256 g/mol. The van der Waals surface area contributed by atoms with E-state index in [0.29, 0.717) is 4.90 Å². The highest BCUT2D eigenvalue weighted by atomic mass is 32.2. The van der Waals surface area contributed by atoms with Crippen molar-refractivity contribution in [1.29, 1.82) is 0 Å². The number of carbonyl (C=O) groups is 1. The first-order valence-electron chi connectivity index (χ1n) is 5.12. The molecule has 0 saturated heterocycles. The van der Waals surface area contributed by atoms with Crippen LogP contribution in [0, 0.1) is 10.1 Å². The number of hydrogen-bond donors (Lipinski definition) is 1. The van der Waals surface area contributed by atoms with Gasteiger partial charge in [0.15, 0.2) is 0 Å². The molecule has 18 heavy (non-hydrogen) atoms. The Morgan fingerprint density at radius 1 is 1.56 bits per heavy atom. The Morgan fingerprint density at radius 2 is 2.17 bits per heavy atom. The summed E-state index contributed by atoms with van der Waals surface area (Å²) in [7, 11) is 1.25. The predicted molar refractivity (Wildman–Crippen MR) is 68.4 cm³/mol. The number of thioether (sulfide) groups is 1. The van der Waals surface area contributed by atoms with Gasteiger partial charge in [-0.1, -0.05) is 12.1 Å². The van der Waals surface area contributed by atoms with Crippen molar-refractivity contribution < 1.29 is 14.5 Å². The molecule has 0 heterocycles. The maximum absolute atomic E-state index is 11.4. The first kappa shape index (κ1) is 14.5. The van der Waals surface area contributed by atoms with E-state index in [4.69, 9.17) is 5.73 Å². The molecule has 1 unspecified atom stereocenters. The summed E-state index contributed by atoms with van der Waals surface area (Å²) in [5.74, 6) is -0.349. The second kappa shape index (κ2) is 5.83. The number of nitrogens with two attached hydrogens (primary N) is 1. The SMILES string of the molecule is COC(=O)C(C)(N)CSc1ccccc1[N+](=O)[O-]. The van der Waals surface area contributed by atoms with Crippen molar-refractivity contribution in [2.24, 2.45) is 5.73 Å². The van der Waals surface area contributed by atoms with Crippen molar-refractivity contribution in [3.8, 4) is 0 Å². The van der Waals surface area contributed by atoms with Gasteiger partial charge in [0.05, 0.1) is 16.9 Å². The van der Waals surface area contributed by atoms with E-state index in [1.54, 1.807) is 18.2 Å². The number of ether oxygens (including phenoxy) is 1. The molecule has 1 atom stereocenters. The van der Waals surface area contributed by atoms with Gasteiger partial charge in [0.25, 0.3) is 5.69 Å². The average Bonchev–Trinajstić information content (AvgIpc) is 2.35. The second-order valence-corrected chi connectivity index (χ2v) is 4.94. The van der Waals surface area contributed by atoms with E-state index in [1.165, 1.54) is 20.1 Å². The number of methoxy groups -OCH3 is 1. The van der Waals surface area contributed by atoms with Gasteiger partial charge in [-0.2, -0.15) is 0 Å². The highest BCUT2D eigenvalue weighted by molar-refractivity contribution is 7.99. The minimum atomic E-state index is -1.18. The Hall–Kier alpha value is -1.60. The number of hydrogen-bond acceptors (Lipinski definition) is 6. The molecule has 0 saturated carbocycles. The van der Waals surface area contributed by atoms with E-state index in [9.17, 15) is 14.9 Å². The minimum absolute atomic E-state index is 0.00293. The minimum Gasteiger partial charge on any atom is -0.468 e. The van der Waals surface area contributed by atoms with Gasteiger partial charge < -0.3 is 10.5 Å². The molecule has 0 aliphatic carbocycles. The molecule has 0 radical (unpaired) electrons. The van der Waals surface area contributed by atoms with Crippen LogP contribution in [0.25, 0.3) is 0 Å². The van der Waals surface area contributed by atoms with Gasteiger partial charge in [0.2, 0.25) is 0 Å². The number of carbonyl (C=O) groups excluding carboxylic acids is 1. The van der Waals surface area contributed by atoms with Gasteiger partial charge in [-0.05, 0) is 13.0 Å². The number of para-hydroxylation sites is 1. The normalized spacial score (nSPS) is 13.7. The third kappa shape index (κ3) is 3.44. The fraction of sp³-hybridized carbons (Fsp3) is 0.364. The van der Waals surface area contributed by atoms with Crippen molar-refractivity contribution in [2.45, 2.75) is 17.4 Å². The van der Waals surface area contributed by atoms with Crippen molar-refractivity contribution in [1.82, 2.24) is 0 Å². The molecule has 0 aliphatic rings. The van der Waals surface area contributed by atoms with Gasteiger partial charge in [-0.3, -0.25) is 14.9 Å². The van der Waals surface area contributed by atoms with Crippen LogP contribution < -0.4 is 5.73 Å². The molecule has 1 aromatic rings. The first-order valence-corrected chi connectivity index (χ1v) is 6.10. The Balaban J connectivity index is 2.81. The van der Waals surface area contributed by atoms with Crippen molar-refractivity contribution in [3.63, 3.8) is 0 Å². The van der Waals surface area contributed by atoms with Gasteiger partial charge in [0, 0.05) is 11.8 Å². The van der Waals surface area contributed by atoms with Gasteiger partial charge in [-0.15, -0.1) is 11.8 Å². The third-order valence-corrected chi connectivity index (χ3v) is 3.64. The van der Waals surface area contributed by atoms with Crippen LogP contribution in [0.1, 0.15) is 6.92 Å². The molecule has 0 aromatic heterocycles. The Labute approximate surface area is 109 Å². The number of esters is 1. The van der Waals surface area contributed by atoms with Gasteiger partial charge >= 0.3 is 5.97 Å². The molecular formula is C11H14N2O4S. The van der Waals surface area contributed by atoms with E-state index < -0.39 is 16.4 Å². The monoisotopic (exact) mass is 270 g/mol. The zero-order chi connectivity index (χ0) is 13.8. The molecule has 0 bridgehead atoms. The number of nitro benzene ring substituents is 1. The Bertz CT molecular complexity index is 462. The van der Waals surface area contributed by atoms with E-state index in [0.717, 1.165) is 11.8 Å². The van der Waals surface area contributed by atoms with Crippen LogP contribution in [-0.4, -0.2) is 29.3 Å². The Morgan fingerprint density at radius 3 is 2.72 bits per heavy atom. The van der Waals surface area contributed by atoms with Crippen LogP contribution in [0.5, 0.6) is 0 Å². The lowest BCUT2D eigenvalue weighted by atomic mass is 10.1. The molecule has 6 nitrogen and oxygen atoms in total. The number of nitrogens with zero attached hydrogens (tertiary/aromatic N) is 1. The highest BCUT2D eigenvalue weighted by Gasteiger charge is 2.30. The maximum atomic E-state index is 11.4. The van der Waals surface area contributed by atoms with Crippen LogP contribution in [0.15, 0.2) is 29.2 Å². The Kier molecular flexibility index (Phi) is 4.69. The third-order valence-electron chi connectivity index (χ3n) is 2.24. The standard InChI is InChI=1S/C11H14N2O4S/c1-11(12,10(14)17-2)7-18-9-6-4-3-5-8(9)13(15)16/h3-6H,7,12H2,1-2H3. The molecule has 98 valence electrons. The lowest BCUT2D eigenvalue weighted by Gasteiger charge is -2.20. The molecule has 2 N–H and O–H groups in total. The molecule has 0 spiro atoms. The van der Waals surface area contributed by atoms with Crippen LogP contribution in [0.2, 0.25) is 0 Å². The van der Waals surface area contributed by atoms with Crippen molar-refractivity contribution in [3.05, 3.63) is 34.4 Å². The smallest absolute Gasteiger partial charge is 0.326 e. The van der Waals surface area contributed by atoms with E-state index in [1.807, 2.05) is 0 Å². The lowest BCUT2D eigenvalue weighted by Crippen LogP contribution is -2.48.